The molecule has 2 aromatic rings. The molecule has 16 nitrogen and oxygen atoms in total. The molecule has 2 heterocycles. The first-order valence-corrected chi connectivity index (χ1v) is 15.3. The Morgan fingerprint density at radius 2 is 0.900 bits per heavy atom. The maximum Gasteiger partial charge on any atom is 0.332 e. The zero-order valence-corrected chi connectivity index (χ0v) is 28.1. The second-order valence-electron chi connectivity index (χ2n) is 10.9. The van der Waals surface area contributed by atoms with Crippen LogP contribution < -0.4 is 18.9 Å². The number of piperazine rings is 2. The number of carbonyl (C=O) groups excluding carboxylic acids is 6. The molecule has 2 aliphatic heterocycles. The number of amides is 4. The van der Waals surface area contributed by atoms with Crippen molar-refractivity contribution in [3.05, 3.63) is 59.7 Å². The molecule has 50 heavy (non-hydrogen) atoms. The lowest BCUT2D eigenvalue weighted by molar-refractivity contribution is -0.165. The minimum Gasteiger partial charge on any atom is -0.493 e. The molecule has 0 atom stereocenters. The summed E-state index contributed by atoms with van der Waals surface area (Å²) in [4.78, 5) is 80.1. The predicted octanol–water partition coefficient (Wildman–Crippen LogP) is 0.791. The number of benzene rings is 2. The lowest BCUT2D eigenvalue weighted by atomic mass is 10.2. The van der Waals surface area contributed by atoms with E-state index in [0.29, 0.717) is 34.1 Å². The molecule has 0 radical (unpaired) electrons. The van der Waals surface area contributed by atoms with Gasteiger partial charge >= 0.3 is 11.9 Å². The summed E-state index contributed by atoms with van der Waals surface area (Å²) >= 11 is 0. The van der Waals surface area contributed by atoms with E-state index in [0.717, 1.165) is 22.0 Å². The molecular weight excluding hydrogens is 656 g/mol. The van der Waals surface area contributed by atoms with Gasteiger partial charge in [0.1, 0.15) is 0 Å². The Bertz CT molecular complexity index is 1520. The average molecular weight is 695 g/mol. The van der Waals surface area contributed by atoms with Crippen LogP contribution in [-0.2, 0) is 38.2 Å². The largest absolute Gasteiger partial charge is 0.493 e. The summed E-state index contributed by atoms with van der Waals surface area (Å²) < 4.78 is 31.1. The van der Waals surface area contributed by atoms with Crippen LogP contribution in [0.5, 0.6) is 23.0 Å². The minimum atomic E-state index is -0.753. The third kappa shape index (κ3) is 9.90. The highest BCUT2D eigenvalue weighted by molar-refractivity contribution is 6.00. The van der Waals surface area contributed by atoms with E-state index in [1.54, 1.807) is 46.2 Å². The van der Waals surface area contributed by atoms with Gasteiger partial charge in [-0.15, -0.1) is 0 Å². The lowest BCUT2D eigenvalue weighted by Gasteiger charge is -2.35. The van der Waals surface area contributed by atoms with E-state index in [2.05, 4.69) is 0 Å². The molecule has 0 bridgehead atoms. The number of hydrogen-bond acceptors (Lipinski definition) is 14. The van der Waals surface area contributed by atoms with Crippen molar-refractivity contribution < 1.29 is 57.2 Å². The van der Waals surface area contributed by atoms with Crippen LogP contribution >= 0.6 is 0 Å². The Balaban J connectivity index is 1.17. The summed E-state index contributed by atoms with van der Waals surface area (Å²) in [6.45, 7) is -1.15. The Morgan fingerprint density at radius 1 is 0.560 bits per heavy atom. The number of imide groups is 2. The number of esters is 2. The highest BCUT2D eigenvalue weighted by Gasteiger charge is 2.34. The van der Waals surface area contributed by atoms with Crippen LogP contribution in [0, 0.1) is 0 Å². The second kappa shape index (κ2) is 17.6. The van der Waals surface area contributed by atoms with E-state index < -0.39 is 49.0 Å². The normalized spacial score (nSPS) is 15.9. The number of hydrogen-bond donors (Lipinski definition) is 0. The molecular formula is C34H38N4O12. The first-order chi connectivity index (χ1) is 24.0. The number of carbonyl (C=O) groups is 6. The average Bonchev–Trinajstić information content (AvgIpc) is 3.11. The van der Waals surface area contributed by atoms with Gasteiger partial charge in [-0.2, -0.15) is 0 Å². The summed E-state index contributed by atoms with van der Waals surface area (Å²) in [7, 11) is 5.99. The van der Waals surface area contributed by atoms with Crippen molar-refractivity contribution in [2.45, 2.75) is 0 Å². The lowest BCUT2D eigenvalue weighted by Crippen LogP contribution is -2.58. The van der Waals surface area contributed by atoms with E-state index in [1.165, 1.54) is 40.6 Å². The highest BCUT2D eigenvalue weighted by atomic mass is 16.6. The van der Waals surface area contributed by atoms with Crippen molar-refractivity contribution in [2.24, 2.45) is 0 Å². The smallest absolute Gasteiger partial charge is 0.332 e. The van der Waals surface area contributed by atoms with Crippen molar-refractivity contribution in [1.29, 1.82) is 0 Å². The van der Waals surface area contributed by atoms with Crippen LogP contribution in [0.15, 0.2) is 48.6 Å². The van der Waals surface area contributed by atoms with Gasteiger partial charge in [0.25, 0.3) is 0 Å². The van der Waals surface area contributed by atoms with E-state index in [-0.39, 0.29) is 39.3 Å². The van der Waals surface area contributed by atoms with Crippen molar-refractivity contribution in [3.8, 4) is 23.0 Å². The first kappa shape index (κ1) is 37.1. The molecule has 4 amide bonds. The summed E-state index contributed by atoms with van der Waals surface area (Å²) in [5.74, 6) is -1.72. The molecule has 0 unspecified atom stereocenters. The van der Waals surface area contributed by atoms with Gasteiger partial charge in [-0.3, -0.25) is 29.0 Å². The Labute approximate surface area is 288 Å². The van der Waals surface area contributed by atoms with Gasteiger partial charge in [-0.05, 0) is 47.5 Å². The van der Waals surface area contributed by atoms with Crippen LogP contribution in [0.25, 0.3) is 12.2 Å². The number of rotatable bonds is 15. The molecule has 0 spiro atoms. The second-order valence-corrected chi connectivity index (χ2v) is 10.9. The van der Waals surface area contributed by atoms with Crippen molar-refractivity contribution in [2.75, 3.05) is 81.2 Å². The number of methoxy groups -OCH3 is 4. The third-order valence-corrected chi connectivity index (χ3v) is 7.68. The molecule has 0 aliphatic carbocycles. The molecule has 4 rings (SSSR count). The van der Waals surface area contributed by atoms with Crippen molar-refractivity contribution >= 4 is 47.7 Å². The SMILES string of the molecule is COc1ccc(C=CC(=O)OCN2C(=O)CN(CCN3CC(=O)N(COC(=O)C=Cc4ccc(OC)c(OC)c4)C(=O)C3)CC2=O)cc1OC. The molecule has 0 aromatic heterocycles. The van der Waals surface area contributed by atoms with E-state index in [9.17, 15) is 28.8 Å². The van der Waals surface area contributed by atoms with Crippen LogP contribution in [0.4, 0.5) is 0 Å². The van der Waals surface area contributed by atoms with Gasteiger partial charge in [0, 0.05) is 25.2 Å². The molecule has 0 N–H and O–H groups in total. The van der Waals surface area contributed by atoms with Crippen LogP contribution in [0.2, 0.25) is 0 Å². The fourth-order valence-electron chi connectivity index (χ4n) is 4.98. The maximum atomic E-state index is 12.7. The molecule has 0 saturated carbocycles. The minimum absolute atomic E-state index is 0.126. The number of ether oxygens (including phenoxy) is 6. The Morgan fingerprint density at radius 3 is 1.22 bits per heavy atom. The van der Waals surface area contributed by atoms with Crippen molar-refractivity contribution in [1.82, 2.24) is 19.6 Å². The van der Waals surface area contributed by atoms with Gasteiger partial charge in [0.05, 0.1) is 54.6 Å². The van der Waals surface area contributed by atoms with Crippen LogP contribution in [0.3, 0.4) is 0 Å². The highest BCUT2D eigenvalue weighted by Crippen LogP contribution is 2.29. The van der Waals surface area contributed by atoms with E-state index >= 15 is 0 Å². The molecule has 266 valence electrons. The quantitative estimate of drug-likeness (QED) is 0.146. The fraction of sp³-hybridized carbons (Fsp3) is 0.353. The number of nitrogens with zero attached hydrogens (tertiary/aromatic N) is 4. The predicted molar refractivity (Wildman–Crippen MR) is 176 cm³/mol. The molecule has 2 aromatic carbocycles. The molecule has 2 saturated heterocycles. The van der Waals surface area contributed by atoms with Gasteiger partial charge in [-0.1, -0.05) is 12.1 Å². The summed E-state index contributed by atoms with van der Waals surface area (Å²) in [6, 6.07) is 10.1. The summed E-state index contributed by atoms with van der Waals surface area (Å²) in [6.07, 6.45) is 5.32. The van der Waals surface area contributed by atoms with Crippen LogP contribution in [-0.4, -0.2) is 136 Å². The van der Waals surface area contributed by atoms with Gasteiger partial charge in [0.2, 0.25) is 23.6 Å². The molecule has 2 fully saturated rings. The first-order valence-electron chi connectivity index (χ1n) is 15.3. The Kier molecular flexibility index (Phi) is 13.1. The zero-order chi connectivity index (χ0) is 36.2. The van der Waals surface area contributed by atoms with Gasteiger partial charge in [0.15, 0.2) is 36.5 Å². The van der Waals surface area contributed by atoms with E-state index in [1.807, 2.05) is 0 Å². The van der Waals surface area contributed by atoms with Gasteiger partial charge in [-0.25, -0.2) is 19.4 Å². The van der Waals surface area contributed by atoms with Crippen LogP contribution in [0.1, 0.15) is 11.1 Å². The zero-order valence-electron chi connectivity index (χ0n) is 28.1. The molecule has 2 aliphatic rings. The van der Waals surface area contributed by atoms with E-state index in [4.69, 9.17) is 28.4 Å². The van der Waals surface area contributed by atoms with Crippen molar-refractivity contribution in [3.63, 3.8) is 0 Å². The third-order valence-electron chi connectivity index (χ3n) is 7.68. The fourth-order valence-corrected chi connectivity index (χ4v) is 4.98. The summed E-state index contributed by atoms with van der Waals surface area (Å²) in [5.41, 5.74) is 1.29. The Hall–Kier alpha value is -5.74. The topological polar surface area (TPSA) is 171 Å². The standard InChI is InChI=1S/C34H38N4O12/c1-45-25-9-5-23(15-27(25)47-3)7-11-33(43)49-21-37-29(39)17-35(18-30(37)40)13-14-36-19-31(41)38(32(42)20-36)22-50-34(44)12-8-24-6-10-26(46-2)28(16-24)48-4/h5-12,15-16H,13-14,17-22H2,1-4H3. The maximum absolute atomic E-state index is 12.7. The molecule has 16 heteroatoms. The monoisotopic (exact) mass is 694 g/mol. The van der Waals surface area contributed by atoms with Gasteiger partial charge < -0.3 is 28.4 Å². The summed E-state index contributed by atoms with van der Waals surface area (Å²) in [5, 5.41) is 0.